The first kappa shape index (κ1) is 18.2. The van der Waals surface area contributed by atoms with Crippen molar-refractivity contribution < 1.29 is 8.42 Å². The van der Waals surface area contributed by atoms with Crippen LogP contribution in [0.15, 0.2) is 0 Å². The molecule has 1 unspecified atom stereocenters. The molecular formula is C21H33N3O2S. The van der Waals surface area contributed by atoms with Gasteiger partial charge in [0, 0.05) is 24.3 Å². The number of aromatic nitrogens is 2. The van der Waals surface area contributed by atoms with Crippen LogP contribution >= 0.6 is 0 Å². The van der Waals surface area contributed by atoms with Crippen molar-refractivity contribution in [3.63, 3.8) is 0 Å². The molecule has 1 saturated heterocycles. The van der Waals surface area contributed by atoms with E-state index in [1.807, 2.05) is 4.68 Å². The van der Waals surface area contributed by atoms with Crippen LogP contribution in [0.3, 0.4) is 0 Å². The van der Waals surface area contributed by atoms with Crippen molar-refractivity contribution in [1.29, 1.82) is 0 Å². The van der Waals surface area contributed by atoms with Crippen molar-refractivity contribution in [3.05, 3.63) is 17.0 Å². The van der Waals surface area contributed by atoms with Crippen molar-refractivity contribution in [1.82, 2.24) is 15.1 Å². The van der Waals surface area contributed by atoms with Gasteiger partial charge in [-0.2, -0.15) is 5.10 Å². The lowest BCUT2D eigenvalue weighted by atomic mass is 9.49. The highest BCUT2D eigenvalue weighted by Gasteiger charge is 2.50. The minimum absolute atomic E-state index is 0.0191. The van der Waals surface area contributed by atoms with Crippen LogP contribution in [0.5, 0.6) is 0 Å². The monoisotopic (exact) mass is 391 g/mol. The summed E-state index contributed by atoms with van der Waals surface area (Å²) in [5.74, 6) is 3.53. The van der Waals surface area contributed by atoms with Crippen LogP contribution in [-0.4, -0.2) is 36.2 Å². The van der Waals surface area contributed by atoms with Crippen molar-refractivity contribution in [3.8, 4) is 0 Å². The summed E-state index contributed by atoms with van der Waals surface area (Å²) >= 11 is 0. The molecule has 150 valence electrons. The topological polar surface area (TPSA) is 64.0 Å². The van der Waals surface area contributed by atoms with E-state index in [1.165, 1.54) is 44.1 Å². The molecule has 5 aliphatic rings. The molecular weight excluding hydrogens is 358 g/mol. The Morgan fingerprint density at radius 1 is 1.11 bits per heavy atom. The predicted molar refractivity (Wildman–Crippen MR) is 106 cm³/mol. The van der Waals surface area contributed by atoms with Gasteiger partial charge in [0.1, 0.15) is 0 Å². The van der Waals surface area contributed by atoms with Gasteiger partial charge in [-0.15, -0.1) is 0 Å². The molecule has 1 N–H and O–H groups in total. The van der Waals surface area contributed by atoms with Gasteiger partial charge in [-0.1, -0.05) is 0 Å². The van der Waals surface area contributed by atoms with E-state index in [-0.39, 0.29) is 11.8 Å². The fourth-order valence-electron chi connectivity index (χ4n) is 7.24. The summed E-state index contributed by atoms with van der Waals surface area (Å²) < 4.78 is 25.7. The van der Waals surface area contributed by atoms with Gasteiger partial charge >= 0.3 is 0 Å². The molecule has 0 aromatic carbocycles. The zero-order valence-electron chi connectivity index (χ0n) is 16.7. The zero-order chi connectivity index (χ0) is 18.8. The Hall–Kier alpha value is -0.880. The normalized spacial score (nSPS) is 39.3. The van der Waals surface area contributed by atoms with Gasteiger partial charge in [-0.3, -0.25) is 4.68 Å². The van der Waals surface area contributed by atoms with Gasteiger partial charge in [0.25, 0.3) is 0 Å². The Bertz CT molecular complexity index is 807. The summed E-state index contributed by atoms with van der Waals surface area (Å²) in [6.07, 6.45) is 9.48. The van der Waals surface area contributed by atoms with E-state index in [2.05, 4.69) is 19.2 Å². The largest absolute Gasteiger partial charge is 0.312 e. The van der Waals surface area contributed by atoms with Crippen molar-refractivity contribution in [2.75, 3.05) is 18.1 Å². The van der Waals surface area contributed by atoms with Crippen molar-refractivity contribution in [2.24, 2.45) is 23.2 Å². The quantitative estimate of drug-likeness (QED) is 0.837. The second-order valence-electron chi connectivity index (χ2n) is 10.2. The summed E-state index contributed by atoms with van der Waals surface area (Å²) in [5, 5.41) is 8.50. The Morgan fingerprint density at radius 2 is 1.74 bits per heavy atom. The van der Waals surface area contributed by atoms with E-state index < -0.39 is 9.84 Å². The molecule has 1 atom stereocenters. The van der Waals surface area contributed by atoms with Crippen LogP contribution < -0.4 is 5.32 Å². The summed E-state index contributed by atoms with van der Waals surface area (Å²) in [6, 6.07) is 0.0191. The average molecular weight is 392 g/mol. The van der Waals surface area contributed by atoms with Crippen LogP contribution in [0.1, 0.15) is 67.9 Å². The van der Waals surface area contributed by atoms with E-state index in [1.54, 1.807) is 0 Å². The maximum atomic E-state index is 11.8. The number of nitrogens with one attached hydrogen (secondary N) is 1. The average Bonchev–Trinajstić information content (AvgIpc) is 3.06. The van der Waals surface area contributed by atoms with Crippen LogP contribution in [0, 0.1) is 37.0 Å². The molecule has 27 heavy (non-hydrogen) atoms. The lowest BCUT2D eigenvalue weighted by Crippen LogP contribution is -2.50. The van der Waals surface area contributed by atoms with Gasteiger partial charge in [0.05, 0.1) is 23.2 Å². The molecule has 0 spiro atoms. The number of rotatable bonds is 5. The SMILES string of the molecule is Cc1nn(C2CCS(=O)(=O)C2)c(C)c1CNCC12CC3CC(CC(C3)C1)C2. The predicted octanol–water partition coefficient (Wildman–Crippen LogP) is 3.17. The summed E-state index contributed by atoms with van der Waals surface area (Å²) in [7, 11) is -2.88. The minimum Gasteiger partial charge on any atom is -0.312 e. The molecule has 4 aliphatic carbocycles. The second kappa shape index (κ2) is 6.31. The van der Waals surface area contributed by atoms with E-state index in [4.69, 9.17) is 5.10 Å². The molecule has 5 nitrogen and oxygen atoms in total. The van der Waals surface area contributed by atoms with Crippen LogP contribution in [0.4, 0.5) is 0 Å². The molecule has 4 saturated carbocycles. The zero-order valence-corrected chi connectivity index (χ0v) is 17.5. The molecule has 5 fully saturated rings. The third-order valence-corrected chi connectivity index (χ3v) is 9.75. The number of aryl methyl sites for hydroxylation is 1. The molecule has 2 heterocycles. The molecule has 1 aromatic heterocycles. The Kier molecular flexibility index (Phi) is 4.25. The highest BCUT2D eigenvalue weighted by molar-refractivity contribution is 7.91. The maximum Gasteiger partial charge on any atom is 0.152 e. The summed E-state index contributed by atoms with van der Waals surface area (Å²) in [4.78, 5) is 0. The first-order valence-corrected chi connectivity index (χ1v) is 12.6. The second-order valence-corrected chi connectivity index (χ2v) is 12.4. The summed E-state index contributed by atoms with van der Waals surface area (Å²) in [6.45, 7) is 6.17. The van der Waals surface area contributed by atoms with E-state index >= 15 is 0 Å². The molecule has 6 heteroatoms. The fourth-order valence-corrected chi connectivity index (χ4v) is 8.93. The number of sulfone groups is 1. The Balaban J connectivity index is 1.26. The Labute approximate surface area is 163 Å². The molecule has 4 bridgehead atoms. The van der Waals surface area contributed by atoms with E-state index in [0.717, 1.165) is 42.2 Å². The van der Waals surface area contributed by atoms with Gasteiger partial charge in [-0.25, -0.2) is 8.42 Å². The lowest BCUT2D eigenvalue weighted by molar-refractivity contribution is -0.0514. The van der Waals surface area contributed by atoms with Crippen molar-refractivity contribution >= 4 is 9.84 Å². The molecule has 0 radical (unpaired) electrons. The summed E-state index contributed by atoms with van der Waals surface area (Å²) in [5.41, 5.74) is 4.01. The third-order valence-electron chi connectivity index (χ3n) is 8.00. The van der Waals surface area contributed by atoms with Gasteiger partial charge < -0.3 is 5.32 Å². The Morgan fingerprint density at radius 3 is 2.30 bits per heavy atom. The lowest BCUT2D eigenvalue weighted by Gasteiger charge is -2.57. The van der Waals surface area contributed by atoms with Crippen LogP contribution in [0.25, 0.3) is 0 Å². The van der Waals surface area contributed by atoms with Gasteiger partial charge in [0.2, 0.25) is 0 Å². The van der Waals surface area contributed by atoms with Crippen LogP contribution in [0.2, 0.25) is 0 Å². The van der Waals surface area contributed by atoms with Crippen LogP contribution in [-0.2, 0) is 16.4 Å². The van der Waals surface area contributed by atoms with Gasteiger partial charge in [0.15, 0.2) is 9.84 Å². The highest BCUT2D eigenvalue weighted by Crippen LogP contribution is 2.59. The number of hydrogen-bond donors (Lipinski definition) is 1. The van der Waals surface area contributed by atoms with E-state index in [0.29, 0.717) is 17.6 Å². The van der Waals surface area contributed by atoms with E-state index in [9.17, 15) is 8.42 Å². The smallest absolute Gasteiger partial charge is 0.152 e. The molecule has 6 rings (SSSR count). The molecule has 1 aromatic rings. The first-order chi connectivity index (χ1) is 12.8. The standard InChI is InChI=1S/C21H33N3O2S/c1-14-20(15(2)24(23-14)19-3-4-27(25,26)12-19)11-22-13-21-8-16-5-17(9-21)7-18(6-16)10-21/h16-19,22H,3-13H2,1-2H3. The van der Waals surface area contributed by atoms with Crippen molar-refractivity contribution in [2.45, 2.75) is 71.4 Å². The number of hydrogen-bond acceptors (Lipinski definition) is 4. The van der Waals surface area contributed by atoms with Gasteiger partial charge in [-0.05, 0) is 82.0 Å². The molecule has 1 aliphatic heterocycles. The minimum atomic E-state index is -2.88. The highest BCUT2D eigenvalue weighted by atomic mass is 32.2. The maximum absolute atomic E-state index is 11.8. The number of nitrogens with zero attached hydrogens (tertiary/aromatic N) is 2. The molecule has 0 amide bonds. The first-order valence-electron chi connectivity index (χ1n) is 10.8. The third kappa shape index (κ3) is 3.27. The fraction of sp³-hybridized carbons (Fsp3) is 0.857.